The molecule has 0 unspecified atom stereocenters. The highest BCUT2D eigenvalue weighted by Crippen LogP contribution is 2.33. The summed E-state index contributed by atoms with van der Waals surface area (Å²) >= 11 is 2.06. The second-order valence-corrected chi connectivity index (χ2v) is 8.69. The average Bonchev–Trinajstić information content (AvgIpc) is 2.59. The van der Waals surface area contributed by atoms with Crippen molar-refractivity contribution >= 4 is 17.5 Å². The minimum atomic E-state index is 0.219. The van der Waals surface area contributed by atoms with Crippen LogP contribution >= 0.6 is 11.8 Å². The largest absolute Gasteiger partial charge is 0.381 e. The summed E-state index contributed by atoms with van der Waals surface area (Å²) in [6.45, 7) is 8.53. The summed E-state index contributed by atoms with van der Waals surface area (Å²) in [5.74, 6) is 2.03. The molecule has 0 spiro atoms. The molecule has 1 fully saturated rings. The van der Waals surface area contributed by atoms with Gasteiger partial charge in [-0.2, -0.15) is 11.8 Å². The first-order valence-electron chi connectivity index (χ1n) is 8.51. The number of hydrogen-bond acceptors (Lipinski definition) is 3. The van der Waals surface area contributed by atoms with Crippen LogP contribution in [0.3, 0.4) is 0 Å². The fourth-order valence-corrected chi connectivity index (χ4v) is 3.87. The van der Waals surface area contributed by atoms with E-state index in [1.807, 2.05) is 30.3 Å². The Morgan fingerprint density at radius 3 is 2.57 bits per heavy atom. The van der Waals surface area contributed by atoms with Crippen molar-refractivity contribution in [1.29, 1.82) is 5.41 Å². The van der Waals surface area contributed by atoms with Crippen LogP contribution in [0.2, 0.25) is 0 Å². The Kier molecular flexibility index (Phi) is 6.91. The van der Waals surface area contributed by atoms with Gasteiger partial charge in [-0.1, -0.05) is 50.3 Å². The fourth-order valence-electron chi connectivity index (χ4n) is 2.65. The van der Waals surface area contributed by atoms with Gasteiger partial charge < -0.3 is 10.1 Å². The van der Waals surface area contributed by atoms with Gasteiger partial charge in [0.15, 0.2) is 0 Å². The van der Waals surface area contributed by atoms with Crippen molar-refractivity contribution < 1.29 is 4.74 Å². The van der Waals surface area contributed by atoms with E-state index in [0.29, 0.717) is 5.71 Å². The lowest BCUT2D eigenvalue weighted by molar-refractivity contribution is 0.0727. The van der Waals surface area contributed by atoms with E-state index >= 15 is 0 Å². The van der Waals surface area contributed by atoms with Gasteiger partial charge in [0.05, 0.1) is 5.71 Å². The van der Waals surface area contributed by atoms with Gasteiger partial charge in [0.25, 0.3) is 0 Å². The molecule has 0 aromatic heterocycles. The van der Waals surface area contributed by atoms with Gasteiger partial charge in [-0.25, -0.2) is 0 Å². The van der Waals surface area contributed by atoms with Crippen LogP contribution in [0, 0.1) is 11.3 Å². The number of hydrogen-bond donors (Lipinski definition) is 1. The number of allylic oxidation sites excluding steroid dienone is 2. The van der Waals surface area contributed by atoms with Gasteiger partial charge in [-0.15, -0.1) is 0 Å². The summed E-state index contributed by atoms with van der Waals surface area (Å²) in [6.07, 6.45) is 5.64. The maximum atomic E-state index is 8.32. The fraction of sp³-hybridized carbons (Fsp3) is 0.550. The molecule has 126 valence electrons. The molecule has 1 saturated heterocycles. The third kappa shape index (κ3) is 6.15. The number of benzene rings is 1. The Labute approximate surface area is 145 Å². The van der Waals surface area contributed by atoms with Gasteiger partial charge in [0.1, 0.15) is 0 Å². The van der Waals surface area contributed by atoms with Crippen LogP contribution in [-0.4, -0.2) is 29.4 Å². The smallest absolute Gasteiger partial charge is 0.0638 e. The normalized spacial score (nSPS) is 17.3. The van der Waals surface area contributed by atoms with Crippen molar-refractivity contribution in [1.82, 2.24) is 0 Å². The lowest BCUT2D eigenvalue weighted by Gasteiger charge is -2.28. The molecule has 0 saturated carbocycles. The maximum absolute atomic E-state index is 8.32. The second-order valence-electron chi connectivity index (χ2n) is 6.96. The number of rotatable bonds is 7. The quantitative estimate of drug-likeness (QED) is 0.685. The molecule has 1 aromatic rings. The standard InChI is InChI=1S/C20H29NOS/c1-16(19(21)18-7-5-4-6-8-18)9-12-20(2,3)23-15-17-10-13-22-14-11-17/h4-9,17,21H,10-15H2,1-3H3. The van der Waals surface area contributed by atoms with Gasteiger partial charge in [0, 0.05) is 18.0 Å². The number of ether oxygens (including phenoxy) is 1. The zero-order valence-electron chi connectivity index (χ0n) is 14.6. The van der Waals surface area contributed by atoms with Gasteiger partial charge in [0.2, 0.25) is 0 Å². The second kappa shape index (κ2) is 8.70. The molecule has 1 aliphatic heterocycles. The Hall–Kier alpha value is -1.06. The Bertz CT molecular complexity index is 530. The average molecular weight is 332 g/mol. The first kappa shape index (κ1) is 18.3. The van der Waals surface area contributed by atoms with Crippen LogP contribution in [0.1, 0.15) is 45.6 Å². The van der Waals surface area contributed by atoms with Crippen molar-refractivity contribution in [3.8, 4) is 0 Å². The van der Waals surface area contributed by atoms with Crippen LogP contribution in [-0.2, 0) is 4.74 Å². The lowest BCUT2D eigenvalue weighted by atomic mass is 10.0. The van der Waals surface area contributed by atoms with Gasteiger partial charge in [-0.05, 0) is 49.0 Å². The topological polar surface area (TPSA) is 33.1 Å². The summed E-state index contributed by atoms with van der Waals surface area (Å²) in [5.41, 5.74) is 2.70. The maximum Gasteiger partial charge on any atom is 0.0638 e. The summed E-state index contributed by atoms with van der Waals surface area (Å²) in [5, 5.41) is 8.32. The third-order valence-electron chi connectivity index (χ3n) is 4.41. The molecule has 1 aliphatic rings. The molecule has 0 radical (unpaired) electrons. The summed E-state index contributed by atoms with van der Waals surface area (Å²) in [4.78, 5) is 0. The van der Waals surface area contributed by atoms with E-state index < -0.39 is 0 Å². The van der Waals surface area contributed by atoms with Crippen molar-refractivity contribution in [2.45, 2.75) is 44.8 Å². The number of nitrogens with one attached hydrogen (secondary N) is 1. The Morgan fingerprint density at radius 1 is 1.26 bits per heavy atom. The Balaban J connectivity index is 1.85. The van der Waals surface area contributed by atoms with Crippen LogP contribution < -0.4 is 0 Å². The van der Waals surface area contributed by atoms with Crippen LogP contribution in [0.15, 0.2) is 42.0 Å². The predicted molar refractivity (Wildman–Crippen MR) is 102 cm³/mol. The van der Waals surface area contributed by atoms with Crippen LogP contribution in [0.5, 0.6) is 0 Å². The summed E-state index contributed by atoms with van der Waals surface area (Å²) < 4.78 is 5.66. The van der Waals surface area contributed by atoms with Crippen molar-refractivity contribution in [2.75, 3.05) is 19.0 Å². The molecule has 3 heteroatoms. The molecule has 2 nitrogen and oxygen atoms in total. The van der Waals surface area contributed by atoms with E-state index in [-0.39, 0.29) is 4.75 Å². The molecule has 1 heterocycles. The molecule has 0 aliphatic carbocycles. The molecular weight excluding hydrogens is 302 g/mol. The SMILES string of the molecule is CC(=CCC(C)(C)SCC1CCOCC1)C(=N)c1ccccc1. The predicted octanol–water partition coefficient (Wildman–Crippen LogP) is 5.33. The minimum absolute atomic E-state index is 0.219. The molecule has 23 heavy (non-hydrogen) atoms. The zero-order valence-corrected chi connectivity index (χ0v) is 15.4. The van der Waals surface area contributed by atoms with Gasteiger partial charge in [-0.3, -0.25) is 0 Å². The van der Waals surface area contributed by atoms with E-state index in [0.717, 1.165) is 36.7 Å². The molecule has 0 amide bonds. The van der Waals surface area contributed by atoms with E-state index in [2.05, 4.69) is 38.6 Å². The van der Waals surface area contributed by atoms with E-state index in [4.69, 9.17) is 10.1 Å². The van der Waals surface area contributed by atoms with Gasteiger partial charge >= 0.3 is 0 Å². The zero-order chi connectivity index (χ0) is 16.7. The van der Waals surface area contributed by atoms with E-state index in [9.17, 15) is 0 Å². The van der Waals surface area contributed by atoms with Crippen LogP contribution in [0.25, 0.3) is 0 Å². The highest BCUT2D eigenvalue weighted by molar-refractivity contribution is 8.00. The molecule has 1 aromatic carbocycles. The highest BCUT2D eigenvalue weighted by Gasteiger charge is 2.21. The Morgan fingerprint density at radius 2 is 1.91 bits per heavy atom. The summed E-state index contributed by atoms with van der Waals surface area (Å²) in [7, 11) is 0. The molecule has 1 N–H and O–H groups in total. The first-order valence-corrected chi connectivity index (χ1v) is 9.49. The first-order chi connectivity index (χ1) is 11.0. The monoisotopic (exact) mass is 331 g/mol. The molecule has 2 rings (SSSR count). The van der Waals surface area contributed by atoms with Crippen LogP contribution in [0.4, 0.5) is 0 Å². The third-order valence-corrected chi connectivity index (χ3v) is 5.99. The van der Waals surface area contributed by atoms with Crippen molar-refractivity contribution in [3.63, 3.8) is 0 Å². The highest BCUT2D eigenvalue weighted by atomic mass is 32.2. The molecular formula is C20H29NOS. The summed E-state index contributed by atoms with van der Waals surface area (Å²) in [6, 6.07) is 9.98. The van der Waals surface area contributed by atoms with E-state index in [1.54, 1.807) is 0 Å². The lowest BCUT2D eigenvalue weighted by Crippen LogP contribution is -2.22. The minimum Gasteiger partial charge on any atom is -0.381 e. The molecule has 0 bridgehead atoms. The number of thioether (sulfide) groups is 1. The van der Waals surface area contributed by atoms with Crippen molar-refractivity contribution in [3.05, 3.63) is 47.5 Å². The van der Waals surface area contributed by atoms with E-state index in [1.165, 1.54) is 18.6 Å². The molecule has 0 atom stereocenters. The van der Waals surface area contributed by atoms with Crippen molar-refractivity contribution in [2.24, 2.45) is 5.92 Å².